The smallest absolute Gasteiger partial charge is 0.322 e. The third-order valence-corrected chi connectivity index (χ3v) is 2.63. The summed E-state index contributed by atoms with van der Waals surface area (Å²) in [4.78, 5) is 12.3. The van der Waals surface area contributed by atoms with Crippen LogP contribution in [0.3, 0.4) is 0 Å². The zero-order valence-corrected chi connectivity index (χ0v) is 11.8. The van der Waals surface area contributed by atoms with Crippen molar-refractivity contribution in [2.45, 2.75) is 20.3 Å². The summed E-state index contributed by atoms with van der Waals surface area (Å²) in [5.41, 5.74) is 1.95. The Morgan fingerprint density at radius 1 is 1.38 bits per heavy atom. The number of anilines is 1. The van der Waals surface area contributed by atoms with E-state index in [4.69, 9.17) is 9.52 Å². The molecule has 1 amide bonds. The van der Waals surface area contributed by atoms with Crippen LogP contribution in [0.1, 0.15) is 33.8 Å². The summed E-state index contributed by atoms with van der Waals surface area (Å²) in [6.45, 7) is 3.52. The molecule has 0 aliphatic rings. The van der Waals surface area contributed by atoms with Crippen LogP contribution in [0.5, 0.6) is 0 Å². The lowest BCUT2D eigenvalue weighted by Crippen LogP contribution is -2.14. The number of nitrogens with zero attached hydrogens (tertiary/aromatic N) is 2. The summed E-state index contributed by atoms with van der Waals surface area (Å²) in [6, 6.07) is 5.43. The van der Waals surface area contributed by atoms with E-state index in [1.807, 2.05) is 13.0 Å². The van der Waals surface area contributed by atoms with Gasteiger partial charge in [0.2, 0.25) is 5.89 Å². The van der Waals surface area contributed by atoms with Gasteiger partial charge in [0.1, 0.15) is 0 Å². The van der Waals surface area contributed by atoms with Crippen LogP contribution < -0.4 is 5.32 Å². The first-order chi connectivity index (χ1) is 10.1. The van der Waals surface area contributed by atoms with Gasteiger partial charge < -0.3 is 9.52 Å². The minimum Gasteiger partial charge on any atom is -0.408 e. The zero-order chi connectivity index (χ0) is 15.2. The van der Waals surface area contributed by atoms with E-state index in [0.29, 0.717) is 23.4 Å². The third-order valence-electron chi connectivity index (χ3n) is 2.63. The van der Waals surface area contributed by atoms with Crippen LogP contribution in [0, 0.1) is 25.7 Å². The Morgan fingerprint density at radius 2 is 2.19 bits per heavy atom. The van der Waals surface area contributed by atoms with Crippen molar-refractivity contribution in [1.29, 1.82) is 0 Å². The number of aliphatic hydroxyl groups excluding tert-OH is 1. The number of carbonyl (C=O) groups excluding carboxylic acids is 1. The number of aryl methyl sites for hydroxylation is 2. The number of carbonyl (C=O) groups is 1. The third kappa shape index (κ3) is 3.91. The summed E-state index contributed by atoms with van der Waals surface area (Å²) in [7, 11) is 0. The molecule has 6 heteroatoms. The Morgan fingerprint density at radius 3 is 2.86 bits per heavy atom. The molecule has 1 heterocycles. The lowest BCUT2D eigenvalue weighted by atomic mass is 10.0. The molecule has 0 saturated carbocycles. The Labute approximate surface area is 122 Å². The van der Waals surface area contributed by atoms with Crippen molar-refractivity contribution >= 4 is 11.9 Å². The molecule has 1 aromatic heterocycles. The first kappa shape index (κ1) is 14.8. The van der Waals surface area contributed by atoms with Gasteiger partial charge in [-0.05, 0) is 19.1 Å². The fourth-order valence-electron chi connectivity index (χ4n) is 1.68. The molecule has 0 fully saturated rings. The van der Waals surface area contributed by atoms with Crippen LogP contribution >= 0.6 is 0 Å². The molecule has 6 nitrogen and oxygen atoms in total. The van der Waals surface area contributed by atoms with Crippen LogP contribution in [0.2, 0.25) is 0 Å². The Kier molecular flexibility index (Phi) is 4.69. The molecular formula is C15H15N3O3. The molecule has 0 bridgehead atoms. The number of aromatic nitrogens is 2. The second kappa shape index (κ2) is 6.68. The fourth-order valence-corrected chi connectivity index (χ4v) is 1.68. The van der Waals surface area contributed by atoms with Crippen LogP contribution in [-0.4, -0.2) is 27.8 Å². The largest absolute Gasteiger partial charge is 0.408 e. The fraction of sp³-hybridized carbons (Fsp3) is 0.267. The first-order valence-corrected chi connectivity index (χ1v) is 6.42. The van der Waals surface area contributed by atoms with E-state index in [2.05, 4.69) is 27.4 Å². The predicted molar refractivity (Wildman–Crippen MR) is 76.7 cm³/mol. The van der Waals surface area contributed by atoms with Crippen molar-refractivity contribution in [1.82, 2.24) is 10.2 Å². The highest BCUT2D eigenvalue weighted by Gasteiger charge is 2.13. The van der Waals surface area contributed by atoms with E-state index in [1.165, 1.54) is 0 Å². The van der Waals surface area contributed by atoms with Gasteiger partial charge >= 0.3 is 6.01 Å². The summed E-state index contributed by atoms with van der Waals surface area (Å²) in [5, 5.41) is 18.7. The molecule has 0 spiro atoms. The molecule has 2 N–H and O–H groups in total. The molecule has 1 aromatic carbocycles. The van der Waals surface area contributed by atoms with Gasteiger partial charge in [-0.15, -0.1) is 5.10 Å². The highest BCUT2D eigenvalue weighted by molar-refractivity contribution is 6.05. The van der Waals surface area contributed by atoms with Gasteiger partial charge in [-0.25, -0.2) is 0 Å². The Balaban J connectivity index is 2.26. The first-order valence-electron chi connectivity index (χ1n) is 6.42. The van der Waals surface area contributed by atoms with Gasteiger partial charge in [0.25, 0.3) is 5.91 Å². The van der Waals surface area contributed by atoms with E-state index in [0.717, 1.165) is 5.56 Å². The van der Waals surface area contributed by atoms with Gasteiger partial charge in [-0.1, -0.05) is 28.6 Å². The van der Waals surface area contributed by atoms with E-state index < -0.39 is 0 Å². The lowest BCUT2D eigenvalue weighted by Gasteiger charge is -2.05. The van der Waals surface area contributed by atoms with Gasteiger partial charge in [-0.2, -0.15) is 0 Å². The molecule has 108 valence electrons. The van der Waals surface area contributed by atoms with Crippen molar-refractivity contribution in [2.75, 3.05) is 11.9 Å². The molecule has 0 unspecified atom stereocenters. The van der Waals surface area contributed by atoms with E-state index in [-0.39, 0.29) is 18.5 Å². The molecular weight excluding hydrogens is 270 g/mol. The van der Waals surface area contributed by atoms with Gasteiger partial charge in [0.15, 0.2) is 0 Å². The van der Waals surface area contributed by atoms with Gasteiger partial charge in [0, 0.05) is 18.9 Å². The molecule has 0 atom stereocenters. The SMILES string of the molecule is Cc1ccc(C#CCCO)c(C(=O)Nc2nnc(C)o2)c1. The molecule has 2 aromatic rings. The minimum absolute atomic E-state index is 0.0122. The predicted octanol–water partition coefficient (Wildman–Crippen LogP) is 1.67. The number of benzene rings is 1. The van der Waals surface area contributed by atoms with Gasteiger partial charge in [-0.3, -0.25) is 10.1 Å². The van der Waals surface area contributed by atoms with Crippen LogP contribution in [0.25, 0.3) is 0 Å². The molecule has 0 aliphatic heterocycles. The summed E-state index contributed by atoms with van der Waals surface area (Å²) in [6.07, 6.45) is 0.359. The highest BCUT2D eigenvalue weighted by Crippen LogP contribution is 2.14. The van der Waals surface area contributed by atoms with Crippen molar-refractivity contribution < 1.29 is 14.3 Å². The Bertz CT molecular complexity index is 710. The summed E-state index contributed by atoms with van der Waals surface area (Å²) >= 11 is 0. The molecule has 0 aliphatic carbocycles. The maximum absolute atomic E-state index is 12.3. The normalized spacial score (nSPS) is 9.86. The maximum atomic E-state index is 12.3. The number of hydrogen-bond donors (Lipinski definition) is 2. The van der Waals surface area contributed by atoms with Crippen molar-refractivity contribution in [2.24, 2.45) is 0 Å². The second-order valence-corrected chi connectivity index (χ2v) is 4.40. The number of rotatable bonds is 3. The molecule has 0 saturated heterocycles. The molecule has 2 rings (SSSR count). The van der Waals surface area contributed by atoms with Crippen molar-refractivity contribution in [3.63, 3.8) is 0 Å². The highest BCUT2D eigenvalue weighted by atomic mass is 16.4. The Hall–Kier alpha value is -2.65. The standard InChI is InChI=1S/C15H15N3O3/c1-10-6-7-12(5-3-4-8-19)13(9-10)14(20)16-15-18-17-11(2)21-15/h6-7,9,19H,4,8H2,1-2H3,(H,16,18,20). The molecule has 0 radical (unpaired) electrons. The lowest BCUT2D eigenvalue weighted by molar-refractivity contribution is 0.102. The zero-order valence-electron chi connectivity index (χ0n) is 11.8. The van der Waals surface area contributed by atoms with Crippen LogP contribution in [-0.2, 0) is 0 Å². The number of nitrogens with one attached hydrogen (secondary N) is 1. The summed E-state index contributed by atoms with van der Waals surface area (Å²) in [5.74, 6) is 5.69. The minimum atomic E-state index is -0.365. The van der Waals surface area contributed by atoms with Gasteiger partial charge in [0.05, 0.1) is 12.2 Å². The average molecular weight is 285 g/mol. The maximum Gasteiger partial charge on any atom is 0.322 e. The summed E-state index contributed by atoms with van der Waals surface area (Å²) < 4.78 is 5.12. The number of hydrogen-bond acceptors (Lipinski definition) is 5. The van der Waals surface area contributed by atoms with Crippen LogP contribution in [0.4, 0.5) is 6.01 Å². The van der Waals surface area contributed by atoms with E-state index >= 15 is 0 Å². The van der Waals surface area contributed by atoms with E-state index in [9.17, 15) is 4.79 Å². The van der Waals surface area contributed by atoms with Crippen LogP contribution in [0.15, 0.2) is 22.6 Å². The van der Waals surface area contributed by atoms with Crippen molar-refractivity contribution in [3.05, 3.63) is 40.8 Å². The molecule has 21 heavy (non-hydrogen) atoms. The monoisotopic (exact) mass is 285 g/mol. The number of amides is 1. The van der Waals surface area contributed by atoms with Crippen molar-refractivity contribution in [3.8, 4) is 11.8 Å². The second-order valence-electron chi connectivity index (χ2n) is 4.40. The quantitative estimate of drug-likeness (QED) is 0.837. The topological polar surface area (TPSA) is 88.2 Å². The van der Waals surface area contributed by atoms with E-state index in [1.54, 1.807) is 19.1 Å². The average Bonchev–Trinajstić information content (AvgIpc) is 2.86. The number of aliphatic hydroxyl groups is 1.